The highest BCUT2D eigenvalue weighted by atomic mass is 19.1. The zero-order chi connectivity index (χ0) is 21.7. The third-order valence-electron chi connectivity index (χ3n) is 5.46. The first kappa shape index (κ1) is 21.8. The Morgan fingerprint density at radius 3 is 2.40 bits per heavy atom. The topological polar surface area (TPSA) is 18.5 Å². The number of hydrogen-bond acceptors (Lipinski definition) is 2. The Labute approximate surface area is 177 Å². The van der Waals surface area contributed by atoms with Gasteiger partial charge in [0.1, 0.15) is 17.3 Å². The van der Waals surface area contributed by atoms with Crippen molar-refractivity contribution in [3.05, 3.63) is 89.0 Å². The second-order valence-electron chi connectivity index (χ2n) is 8.25. The van der Waals surface area contributed by atoms with Gasteiger partial charge in [-0.2, -0.15) is 0 Å². The predicted molar refractivity (Wildman–Crippen MR) is 117 cm³/mol. The maximum Gasteiger partial charge on any atom is 0.165 e. The minimum absolute atomic E-state index is 0.0119. The quantitative estimate of drug-likeness (QED) is 0.386. The van der Waals surface area contributed by atoms with E-state index < -0.39 is 11.6 Å². The molecule has 3 aromatic rings. The van der Waals surface area contributed by atoms with E-state index in [2.05, 4.69) is 32.9 Å². The van der Waals surface area contributed by atoms with Crippen LogP contribution in [0.25, 0.3) is 0 Å². The van der Waals surface area contributed by atoms with Crippen molar-refractivity contribution in [3.8, 4) is 17.2 Å². The summed E-state index contributed by atoms with van der Waals surface area (Å²) in [5, 5.41) is 0. The van der Waals surface area contributed by atoms with Crippen LogP contribution in [0.4, 0.5) is 8.78 Å². The average Bonchev–Trinajstić information content (AvgIpc) is 2.70. The van der Waals surface area contributed by atoms with Gasteiger partial charge >= 0.3 is 0 Å². The van der Waals surface area contributed by atoms with Gasteiger partial charge in [-0.15, -0.1) is 0 Å². The van der Waals surface area contributed by atoms with Gasteiger partial charge in [-0.05, 0) is 78.6 Å². The summed E-state index contributed by atoms with van der Waals surface area (Å²) in [5.74, 6) is 0.411. The lowest BCUT2D eigenvalue weighted by atomic mass is 9.79. The van der Waals surface area contributed by atoms with Crippen molar-refractivity contribution in [2.75, 3.05) is 7.11 Å². The number of methoxy groups -OCH3 is 1. The van der Waals surface area contributed by atoms with E-state index in [0.29, 0.717) is 0 Å². The van der Waals surface area contributed by atoms with E-state index in [1.165, 1.54) is 29.8 Å². The molecule has 0 spiro atoms. The SMILES string of the molecule is COc1ccc(C(C)(C)CCCc2ccc(F)c(Oc3cccc(F)c3)c2)cc1C. The number of rotatable bonds is 8. The highest BCUT2D eigenvalue weighted by molar-refractivity contribution is 5.39. The molecule has 0 aliphatic carbocycles. The zero-order valence-electron chi connectivity index (χ0n) is 18.0. The molecular weight excluding hydrogens is 382 g/mol. The van der Waals surface area contributed by atoms with E-state index >= 15 is 0 Å². The number of aryl methyl sites for hydroxylation is 2. The molecule has 0 aliphatic rings. The summed E-state index contributed by atoms with van der Waals surface area (Å²) in [5.41, 5.74) is 3.40. The monoisotopic (exact) mass is 410 g/mol. The summed E-state index contributed by atoms with van der Waals surface area (Å²) < 4.78 is 38.4. The Bertz CT molecular complexity index is 1010. The molecule has 2 nitrogen and oxygen atoms in total. The van der Waals surface area contributed by atoms with Crippen LogP contribution >= 0.6 is 0 Å². The van der Waals surface area contributed by atoms with Crippen LogP contribution in [0.15, 0.2) is 60.7 Å². The van der Waals surface area contributed by atoms with Gasteiger partial charge in [-0.1, -0.05) is 38.1 Å². The van der Waals surface area contributed by atoms with Crippen molar-refractivity contribution in [2.45, 2.75) is 45.4 Å². The van der Waals surface area contributed by atoms with Crippen LogP contribution in [0.2, 0.25) is 0 Å². The second-order valence-corrected chi connectivity index (χ2v) is 8.25. The molecule has 0 aromatic heterocycles. The van der Waals surface area contributed by atoms with E-state index in [9.17, 15) is 8.78 Å². The molecule has 0 aliphatic heterocycles. The normalized spacial score (nSPS) is 11.4. The van der Waals surface area contributed by atoms with Gasteiger partial charge in [-0.25, -0.2) is 8.78 Å². The average molecular weight is 411 g/mol. The van der Waals surface area contributed by atoms with Crippen LogP contribution in [-0.2, 0) is 11.8 Å². The largest absolute Gasteiger partial charge is 0.496 e. The molecule has 0 fully saturated rings. The smallest absolute Gasteiger partial charge is 0.165 e. The molecule has 0 bridgehead atoms. The molecule has 158 valence electrons. The fraction of sp³-hybridized carbons (Fsp3) is 0.308. The molecule has 0 N–H and O–H groups in total. The molecule has 0 heterocycles. The van der Waals surface area contributed by atoms with Crippen molar-refractivity contribution < 1.29 is 18.3 Å². The van der Waals surface area contributed by atoms with Crippen molar-refractivity contribution >= 4 is 0 Å². The van der Waals surface area contributed by atoms with Gasteiger partial charge in [-0.3, -0.25) is 0 Å². The van der Waals surface area contributed by atoms with Gasteiger partial charge in [0.25, 0.3) is 0 Å². The Hall–Kier alpha value is -2.88. The van der Waals surface area contributed by atoms with Crippen molar-refractivity contribution in [1.82, 2.24) is 0 Å². The maximum atomic E-state index is 14.2. The minimum Gasteiger partial charge on any atom is -0.496 e. The van der Waals surface area contributed by atoms with E-state index in [1.807, 2.05) is 6.07 Å². The van der Waals surface area contributed by atoms with Crippen molar-refractivity contribution in [2.24, 2.45) is 0 Å². The van der Waals surface area contributed by atoms with Crippen LogP contribution in [0.1, 0.15) is 43.4 Å². The summed E-state index contributed by atoms with van der Waals surface area (Å²) in [6, 6.07) is 16.9. The first-order valence-electron chi connectivity index (χ1n) is 10.2. The molecule has 30 heavy (non-hydrogen) atoms. The Balaban J connectivity index is 1.65. The summed E-state index contributed by atoms with van der Waals surface area (Å²) in [6.07, 6.45) is 2.73. The van der Waals surface area contributed by atoms with Crippen LogP contribution in [0, 0.1) is 18.6 Å². The highest BCUT2D eigenvalue weighted by Gasteiger charge is 2.21. The molecule has 4 heteroatoms. The predicted octanol–water partition coefficient (Wildman–Crippen LogP) is 7.37. The van der Waals surface area contributed by atoms with Gasteiger partial charge in [0.15, 0.2) is 11.6 Å². The van der Waals surface area contributed by atoms with Crippen LogP contribution in [0.5, 0.6) is 17.2 Å². The Morgan fingerprint density at radius 2 is 1.70 bits per heavy atom. The number of ether oxygens (including phenoxy) is 2. The van der Waals surface area contributed by atoms with Gasteiger partial charge < -0.3 is 9.47 Å². The summed E-state index contributed by atoms with van der Waals surface area (Å²) in [4.78, 5) is 0. The lowest BCUT2D eigenvalue weighted by molar-refractivity contribution is 0.409. The summed E-state index contributed by atoms with van der Waals surface area (Å²) >= 11 is 0. The lowest BCUT2D eigenvalue weighted by Gasteiger charge is -2.26. The molecule has 0 amide bonds. The first-order chi connectivity index (χ1) is 14.3. The standard InChI is InChI=1S/C26H28F2O2/c1-18-15-20(11-13-24(18)29-4)26(2,3)14-6-7-19-10-12-23(28)25(16-19)30-22-9-5-8-21(27)17-22/h5,8-13,15-17H,6-7,14H2,1-4H3. The number of benzene rings is 3. The molecular formula is C26H28F2O2. The summed E-state index contributed by atoms with van der Waals surface area (Å²) in [7, 11) is 1.68. The van der Waals surface area contributed by atoms with Crippen LogP contribution < -0.4 is 9.47 Å². The van der Waals surface area contributed by atoms with Crippen LogP contribution in [0.3, 0.4) is 0 Å². The molecule has 0 saturated heterocycles. The lowest BCUT2D eigenvalue weighted by Crippen LogP contribution is -2.17. The van der Waals surface area contributed by atoms with E-state index in [-0.39, 0.29) is 16.9 Å². The Kier molecular flexibility index (Phi) is 6.76. The van der Waals surface area contributed by atoms with E-state index in [0.717, 1.165) is 36.1 Å². The Morgan fingerprint density at radius 1 is 0.900 bits per heavy atom. The van der Waals surface area contributed by atoms with Crippen LogP contribution in [-0.4, -0.2) is 7.11 Å². The molecule has 3 rings (SSSR count). The van der Waals surface area contributed by atoms with Gasteiger partial charge in [0, 0.05) is 6.07 Å². The van der Waals surface area contributed by atoms with Crippen molar-refractivity contribution in [3.63, 3.8) is 0 Å². The fourth-order valence-corrected chi connectivity index (χ4v) is 3.62. The van der Waals surface area contributed by atoms with Gasteiger partial charge in [0.2, 0.25) is 0 Å². The molecule has 3 aromatic carbocycles. The number of halogens is 2. The maximum absolute atomic E-state index is 14.2. The fourth-order valence-electron chi connectivity index (χ4n) is 3.62. The molecule has 0 radical (unpaired) electrons. The van der Waals surface area contributed by atoms with E-state index in [1.54, 1.807) is 25.3 Å². The summed E-state index contributed by atoms with van der Waals surface area (Å²) in [6.45, 7) is 6.52. The molecule has 0 atom stereocenters. The minimum atomic E-state index is -0.461. The highest BCUT2D eigenvalue weighted by Crippen LogP contribution is 2.33. The van der Waals surface area contributed by atoms with Gasteiger partial charge in [0.05, 0.1) is 7.11 Å². The first-order valence-corrected chi connectivity index (χ1v) is 10.2. The molecule has 0 saturated carbocycles. The second kappa shape index (κ2) is 9.29. The zero-order valence-corrected chi connectivity index (χ0v) is 18.0. The van der Waals surface area contributed by atoms with E-state index in [4.69, 9.17) is 9.47 Å². The third-order valence-corrected chi connectivity index (χ3v) is 5.46. The third kappa shape index (κ3) is 5.38. The molecule has 0 unspecified atom stereocenters. The number of hydrogen-bond donors (Lipinski definition) is 0. The van der Waals surface area contributed by atoms with Crippen molar-refractivity contribution in [1.29, 1.82) is 0 Å².